The average Bonchev–Trinajstić information content (AvgIpc) is 2.72. The summed E-state index contributed by atoms with van der Waals surface area (Å²) < 4.78 is 18.1. The van der Waals surface area contributed by atoms with Crippen molar-refractivity contribution in [2.75, 3.05) is 30.3 Å². The molecule has 0 atom stereocenters. The van der Waals surface area contributed by atoms with Gasteiger partial charge in [0.05, 0.1) is 0 Å². The van der Waals surface area contributed by atoms with Crippen LogP contribution in [0.2, 0.25) is 0 Å². The van der Waals surface area contributed by atoms with Gasteiger partial charge in [-0.15, -0.1) is 0 Å². The van der Waals surface area contributed by atoms with Crippen LogP contribution < -0.4 is 20.7 Å². The number of ether oxygens (including phenoxy) is 1. The van der Waals surface area contributed by atoms with Gasteiger partial charge in [-0.1, -0.05) is 17.7 Å². The molecule has 0 saturated heterocycles. The molecule has 1 amide bonds. The van der Waals surface area contributed by atoms with Gasteiger partial charge in [-0.2, -0.15) is 4.98 Å². The summed E-state index contributed by atoms with van der Waals surface area (Å²) in [6, 6.07) is 15.4. The Hall–Kier alpha value is -3.68. The minimum atomic E-state index is -0.353. The first-order chi connectivity index (χ1) is 14.5. The van der Waals surface area contributed by atoms with Crippen molar-refractivity contribution in [2.24, 2.45) is 0 Å². The fourth-order valence-corrected chi connectivity index (χ4v) is 2.60. The zero-order valence-electron chi connectivity index (χ0n) is 16.9. The number of benzene rings is 2. The summed E-state index contributed by atoms with van der Waals surface area (Å²) in [4.78, 5) is 20.7. The number of carbonyl (C=O) groups is 1. The normalized spacial score (nSPS) is 10.4. The Morgan fingerprint density at radius 2 is 1.73 bits per heavy atom. The fourth-order valence-electron chi connectivity index (χ4n) is 2.60. The van der Waals surface area contributed by atoms with E-state index in [1.807, 2.05) is 44.2 Å². The average molecular weight is 409 g/mol. The van der Waals surface area contributed by atoms with Gasteiger partial charge in [-0.25, -0.2) is 9.37 Å². The summed E-state index contributed by atoms with van der Waals surface area (Å²) >= 11 is 0. The molecule has 1 heterocycles. The minimum Gasteiger partial charge on any atom is -0.484 e. The second-order valence-corrected chi connectivity index (χ2v) is 6.73. The maximum Gasteiger partial charge on any atom is 0.258 e. The van der Waals surface area contributed by atoms with Crippen LogP contribution in [-0.2, 0) is 4.79 Å². The zero-order valence-corrected chi connectivity index (χ0v) is 16.9. The summed E-state index contributed by atoms with van der Waals surface area (Å²) in [5.74, 6) is 0.972. The summed E-state index contributed by atoms with van der Waals surface area (Å²) in [7, 11) is 0. The molecule has 0 fully saturated rings. The Bertz CT molecular complexity index is 978. The van der Waals surface area contributed by atoms with Crippen molar-refractivity contribution in [3.8, 4) is 5.75 Å². The highest BCUT2D eigenvalue weighted by Crippen LogP contribution is 2.17. The second-order valence-electron chi connectivity index (χ2n) is 6.73. The Labute approximate surface area is 174 Å². The maximum absolute atomic E-state index is 12.8. The summed E-state index contributed by atoms with van der Waals surface area (Å²) in [5.41, 5.74) is 2.95. The fraction of sp³-hybridized carbons (Fsp3) is 0.227. The molecular formula is C22H24FN5O2. The Morgan fingerprint density at radius 3 is 2.47 bits per heavy atom. The van der Waals surface area contributed by atoms with Crippen LogP contribution in [0.4, 0.5) is 21.8 Å². The highest BCUT2D eigenvalue weighted by molar-refractivity contribution is 5.77. The first-order valence-corrected chi connectivity index (χ1v) is 9.56. The van der Waals surface area contributed by atoms with E-state index in [1.165, 1.54) is 29.8 Å². The van der Waals surface area contributed by atoms with Gasteiger partial charge in [0.2, 0.25) is 5.95 Å². The number of aryl methyl sites for hydroxylation is 2. The summed E-state index contributed by atoms with van der Waals surface area (Å²) in [5, 5.41) is 9.09. The molecule has 0 saturated carbocycles. The number of amides is 1. The second kappa shape index (κ2) is 10.2. The van der Waals surface area contributed by atoms with E-state index in [4.69, 9.17) is 4.74 Å². The molecule has 156 valence electrons. The molecule has 0 aliphatic rings. The highest BCUT2D eigenvalue weighted by atomic mass is 19.1. The number of anilines is 3. The molecule has 30 heavy (non-hydrogen) atoms. The van der Waals surface area contributed by atoms with E-state index in [0.717, 1.165) is 11.4 Å². The van der Waals surface area contributed by atoms with Gasteiger partial charge in [-0.3, -0.25) is 4.79 Å². The number of carbonyl (C=O) groups excluding carboxylic acids is 1. The lowest BCUT2D eigenvalue weighted by Gasteiger charge is -2.11. The molecule has 3 aromatic rings. The Balaban J connectivity index is 1.42. The number of aromatic nitrogens is 2. The van der Waals surface area contributed by atoms with Crippen LogP contribution in [0.1, 0.15) is 11.3 Å². The SMILES string of the molecule is Cc1ccc(Nc2cc(C)nc(NCCNC(=O)COc3ccc(F)cc3)n2)cc1. The van der Waals surface area contributed by atoms with E-state index in [0.29, 0.717) is 30.6 Å². The van der Waals surface area contributed by atoms with Crippen LogP contribution in [-0.4, -0.2) is 35.6 Å². The molecule has 7 nitrogen and oxygen atoms in total. The lowest BCUT2D eigenvalue weighted by Crippen LogP contribution is -2.32. The lowest BCUT2D eigenvalue weighted by atomic mass is 10.2. The molecule has 0 bridgehead atoms. The topological polar surface area (TPSA) is 88.2 Å². The molecule has 8 heteroatoms. The Kier molecular flexibility index (Phi) is 7.15. The number of nitrogens with one attached hydrogen (secondary N) is 3. The number of rotatable bonds is 9. The van der Waals surface area contributed by atoms with Gasteiger partial charge in [0.15, 0.2) is 6.61 Å². The molecule has 2 aromatic carbocycles. The molecule has 3 rings (SSSR count). The smallest absolute Gasteiger partial charge is 0.258 e. The van der Waals surface area contributed by atoms with Crippen molar-refractivity contribution in [3.63, 3.8) is 0 Å². The third kappa shape index (κ3) is 6.73. The number of halogens is 1. The quantitative estimate of drug-likeness (QED) is 0.468. The van der Waals surface area contributed by atoms with Crippen LogP contribution in [0.15, 0.2) is 54.6 Å². The van der Waals surface area contributed by atoms with Gasteiger partial charge in [0.25, 0.3) is 5.91 Å². The predicted molar refractivity (Wildman–Crippen MR) is 115 cm³/mol. The third-order valence-electron chi connectivity index (χ3n) is 4.09. The molecule has 1 aromatic heterocycles. The van der Waals surface area contributed by atoms with Gasteiger partial charge in [-0.05, 0) is 50.2 Å². The van der Waals surface area contributed by atoms with Crippen LogP contribution in [0.3, 0.4) is 0 Å². The van der Waals surface area contributed by atoms with Gasteiger partial charge >= 0.3 is 0 Å². The van der Waals surface area contributed by atoms with Crippen molar-refractivity contribution >= 4 is 23.4 Å². The largest absolute Gasteiger partial charge is 0.484 e. The molecule has 0 aliphatic heterocycles. The van der Waals surface area contributed by atoms with Gasteiger partial charge in [0.1, 0.15) is 17.4 Å². The van der Waals surface area contributed by atoms with E-state index >= 15 is 0 Å². The van der Waals surface area contributed by atoms with Crippen molar-refractivity contribution < 1.29 is 13.9 Å². The third-order valence-corrected chi connectivity index (χ3v) is 4.09. The summed E-state index contributed by atoms with van der Waals surface area (Å²) in [6.07, 6.45) is 0. The van der Waals surface area contributed by atoms with Crippen molar-refractivity contribution in [2.45, 2.75) is 13.8 Å². The van der Waals surface area contributed by atoms with E-state index in [1.54, 1.807) is 0 Å². The van der Waals surface area contributed by atoms with E-state index in [-0.39, 0.29) is 18.3 Å². The molecule has 3 N–H and O–H groups in total. The summed E-state index contributed by atoms with van der Waals surface area (Å²) in [6.45, 7) is 4.62. The highest BCUT2D eigenvalue weighted by Gasteiger charge is 2.05. The van der Waals surface area contributed by atoms with Crippen molar-refractivity contribution in [1.82, 2.24) is 15.3 Å². The monoisotopic (exact) mass is 409 g/mol. The van der Waals surface area contributed by atoms with Gasteiger partial charge < -0.3 is 20.7 Å². The first-order valence-electron chi connectivity index (χ1n) is 9.56. The van der Waals surface area contributed by atoms with Crippen LogP contribution >= 0.6 is 0 Å². The molecular weight excluding hydrogens is 385 g/mol. The van der Waals surface area contributed by atoms with Crippen molar-refractivity contribution in [1.29, 1.82) is 0 Å². The molecule has 0 unspecified atom stereocenters. The standard InChI is InChI=1S/C22H24FN5O2/c1-15-3-7-18(8-4-15)27-20-13-16(2)26-22(28-20)25-12-11-24-21(29)14-30-19-9-5-17(23)6-10-19/h3-10,13H,11-12,14H2,1-2H3,(H,24,29)(H2,25,26,27,28). The van der Waals surface area contributed by atoms with Crippen LogP contribution in [0.5, 0.6) is 5.75 Å². The first kappa shape index (κ1) is 21.0. The molecule has 0 spiro atoms. The molecule has 0 aliphatic carbocycles. The van der Waals surface area contributed by atoms with Crippen LogP contribution in [0, 0.1) is 19.7 Å². The number of hydrogen-bond donors (Lipinski definition) is 3. The zero-order chi connectivity index (χ0) is 21.3. The maximum atomic E-state index is 12.8. The van der Waals surface area contributed by atoms with Crippen LogP contribution in [0.25, 0.3) is 0 Å². The lowest BCUT2D eigenvalue weighted by molar-refractivity contribution is -0.123. The number of hydrogen-bond acceptors (Lipinski definition) is 6. The van der Waals surface area contributed by atoms with E-state index < -0.39 is 0 Å². The van der Waals surface area contributed by atoms with Crippen molar-refractivity contribution in [3.05, 3.63) is 71.7 Å². The molecule has 0 radical (unpaired) electrons. The van der Waals surface area contributed by atoms with E-state index in [9.17, 15) is 9.18 Å². The Morgan fingerprint density at radius 1 is 1.00 bits per heavy atom. The van der Waals surface area contributed by atoms with E-state index in [2.05, 4.69) is 25.9 Å². The predicted octanol–water partition coefficient (Wildman–Crippen LogP) is 3.58. The minimum absolute atomic E-state index is 0.142. The van der Waals surface area contributed by atoms with Gasteiger partial charge in [0, 0.05) is 30.5 Å². The number of nitrogens with zero attached hydrogens (tertiary/aromatic N) is 2.